The Labute approximate surface area is 112 Å². The number of aromatic nitrogens is 3. The molecule has 1 aliphatic carbocycles. The predicted molar refractivity (Wildman–Crippen MR) is 69.0 cm³/mol. The zero-order valence-electron chi connectivity index (χ0n) is 10.5. The minimum absolute atomic E-state index is 0.112. The first kappa shape index (κ1) is 13.8. The molecule has 18 heavy (non-hydrogen) atoms. The zero-order chi connectivity index (χ0) is 13.2. The Bertz CT molecular complexity index is 506. The van der Waals surface area contributed by atoms with E-state index < -0.39 is 9.05 Å². The van der Waals surface area contributed by atoms with Crippen LogP contribution in [0.5, 0.6) is 0 Å². The summed E-state index contributed by atoms with van der Waals surface area (Å²) in [5.41, 5.74) is 0. The Morgan fingerprint density at radius 2 is 2.00 bits per heavy atom. The van der Waals surface area contributed by atoms with Gasteiger partial charge in [-0.2, -0.15) is 0 Å². The first-order chi connectivity index (χ1) is 8.52. The average molecular weight is 292 g/mol. The highest BCUT2D eigenvalue weighted by Crippen LogP contribution is 2.28. The van der Waals surface area contributed by atoms with Crippen LogP contribution in [-0.2, 0) is 22.0 Å². The molecule has 0 amide bonds. The lowest BCUT2D eigenvalue weighted by Crippen LogP contribution is -2.12. The summed E-state index contributed by atoms with van der Waals surface area (Å²) in [7, 11) is 1.57. The van der Waals surface area contributed by atoms with Gasteiger partial charge in [-0.25, -0.2) is 8.42 Å². The van der Waals surface area contributed by atoms with Gasteiger partial charge in [-0.1, -0.05) is 32.6 Å². The van der Waals surface area contributed by atoms with Crippen LogP contribution in [0.2, 0.25) is 0 Å². The third kappa shape index (κ3) is 3.03. The van der Waals surface area contributed by atoms with Crippen molar-refractivity contribution in [3.05, 3.63) is 5.82 Å². The van der Waals surface area contributed by atoms with Crippen molar-refractivity contribution in [3.8, 4) is 0 Å². The maximum absolute atomic E-state index is 11.4. The van der Waals surface area contributed by atoms with E-state index in [4.69, 9.17) is 10.7 Å². The summed E-state index contributed by atoms with van der Waals surface area (Å²) >= 11 is 0. The van der Waals surface area contributed by atoms with E-state index >= 15 is 0 Å². The molecule has 102 valence electrons. The van der Waals surface area contributed by atoms with E-state index in [1.165, 1.54) is 25.7 Å². The quantitative estimate of drug-likeness (QED) is 0.781. The van der Waals surface area contributed by atoms with Gasteiger partial charge in [0.15, 0.2) is 0 Å². The molecule has 1 fully saturated rings. The monoisotopic (exact) mass is 291 g/mol. The molecule has 1 heterocycles. The number of rotatable bonds is 5. The van der Waals surface area contributed by atoms with Gasteiger partial charge in [-0.15, -0.1) is 10.2 Å². The van der Waals surface area contributed by atoms with Crippen LogP contribution in [0.25, 0.3) is 0 Å². The largest absolute Gasteiger partial charge is 0.301 e. The van der Waals surface area contributed by atoms with Gasteiger partial charge in [0.05, 0.1) is 0 Å². The smallest absolute Gasteiger partial charge is 0.296 e. The van der Waals surface area contributed by atoms with E-state index in [0.717, 1.165) is 18.7 Å². The minimum Gasteiger partial charge on any atom is -0.301 e. The molecular weight excluding hydrogens is 274 g/mol. The molecule has 0 unspecified atom stereocenters. The molecule has 1 saturated carbocycles. The topological polar surface area (TPSA) is 64.8 Å². The molecule has 0 atom stereocenters. The predicted octanol–water partition coefficient (Wildman–Crippen LogP) is 2.35. The Morgan fingerprint density at radius 1 is 1.33 bits per heavy atom. The van der Waals surface area contributed by atoms with Gasteiger partial charge >= 0.3 is 0 Å². The summed E-state index contributed by atoms with van der Waals surface area (Å²) in [6.45, 7) is 2.58. The van der Waals surface area contributed by atoms with Crippen LogP contribution in [0, 0.1) is 5.92 Å². The number of halogens is 1. The molecule has 7 heteroatoms. The van der Waals surface area contributed by atoms with Crippen molar-refractivity contribution in [1.29, 1.82) is 0 Å². The summed E-state index contributed by atoms with van der Waals surface area (Å²) in [4.78, 5) is 0. The second-order valence-electron chi connectivity index (χ2n) is 4.84. The van der Waals surface area contributed by atoms with Crippen LogP contribution in [-0.4, -0.2) is 23.2 Å². The summed E-state index contributed by atoms with van der Waals surface area (Å²) in [6.07, 6.45) is 6.54. The Morgan fingerprint density at radius 3 is 2.56 bits per heavy atom. The third-order valence-corrected chi connectivity index (χ3v) is 4.56. The van der Waals surface area contributed by atoms with E-state index in [0.29, 0.717) is 12.5 Å². The maximum Gasteiger partial charge on any atom is 0.296 e. The molecule has 0 saturated heterocycles. The van der Waals surface area contributed by atoms with Gasteiger partial charge in [0.25, 0.3) is 14.2 Å². The molecule has 1 aromatic rings. The van der Waals surface area contributed by atoms with E-state index in [1.54, 1.807) is 4.57 Å². The standard InChI is InChI=1S/C11H18ClN3O2S/c1-2-7-15-10(8-9-5-3-4-6-9)13-14-11(15)18(12,16)17/h9H,2-8H2,1H3. The molecule has 5 nitrogen and oxygen atoms in total. The SMILES string of the molecule is CCCn1c(CC2CCCC2)nnc1S(=O)(=O)Cl. The lowest BCUT2D eigenvalue weighted by atomic mass is 10.0. The van der Waals surface area contributed by atoms with Crippen molar-refractivity contribution in [1.82, 2.24) is 14.8 Å². The van der Waals surface area contributed by atoms with Gasteiger partial charge in [-0.05, 0) is 12.3 Å². The molecule has 1 aromatic heterocycles. The highest BCUT2D eigenvalue weighted by molar-refractivity contribution is 8.13. The van der Waals surface area contributed by atoms with Gasteiger partial charge in [0.1, 0.15) is 5.82 Å². The van der Waals surface area contributed by atoms with Gasteiger partial charge in [0, 0.05) is 23.6 Å². The van der Waals surface area contributed by atoms with E-state index in [9.17, 15) is 8.42 Å². The third-order valence-electron chi connectivity index (χ3n) is 3.40. The fourth-order valence-corrected chi connectivity index (χ4v) is 3.51. The van der Waals surface area contributed by atoms with Gasteiger partial charge < -0.3 is 4.57 Å². The molecule has 1 aliphatic rings. The maximum atomic E-state index is 11.4. The number of nitrogens with zero attached hydrogens (tertiary/aromatic N) is 3. The molecule has 0 spiro atoms. The van der Waals surface area contributed by atoms with Crippen LogP contribution in [0.3, 0.4) is 0 Å². The molecule has 2 rings (SSSR count). The number of hydrogen-bond donors (Lipinski definition) is 0. The van der Waals surface area contributed by atoms with Crippen molar-refractivity contribution in [2.24, 2.45) is 5.92 Å². The first-order valence-electron chi connectivity index (χ1n) is 6.39. The summed E-state index contributed by atoms with van der Waals surface area (Å²) in [5.74, 6) is 1.36. The summed E-state index contributed by atoms with van der Waals surface area (Å²) in [6, 6.07) is 0. The fourth-order valence-electron chi connectivity index (χ4n) is 2.57. The van der Waals surface area contributed by atoms with Crippen molar-refractivity contribution in [2.75, 3.05) is 0 Å². The van der Waals surface area contributed by atoms with Crippen LogP contribution in [0.1, 0.15) is 44.9 Å². The van der Waals surface area contributed by atoms with E-state index in [1.807, 2.05) is 6.92 Å². The molecule has 0 radical (unpaired) electrons. The van der Waals surface area contributed by atoms with Gasteiger partial charge in [-0.3, -0.25) is 0 Å². The Hall–Kier alpha value is -0.620. The minimum atomic E-state index is -3.81. The molecule has 0 aromatic carbocycles. The van der Waals surface area contributed by atoms with Crippen molar-refractivity contribution in [2.45, 2.75) is 57.1 Å². The van der Waals surface area contributed by atoms with Crippen LogP contribution >= 0.6 is 10.7 Å². The number of hydrogen-bond acceptors (Lipinski definition) is 4. The van der Waals surface area contributed by atoms with Crippen molar-refractivity contribution in [3.63, 3.8) is 0 Å². The van der Waals surface area contributed by atoms with Gasteiger partial charge in [0.2, 0.25) is 0 Å². The van der Waals surface area contributed by atoms with Crippen molar-refractivity contribution < 1.29 is 8.42 Å². The first-order valence-corrected chi connectivity index (χ1v) is 8.70. The van der Waals surface area contributed by atoms with E-state index in [2.05, 4.69) is 10.2 Å². The summed E-state index contributed by atoms with van der Waals surface area (Å²) in [5, 5.41) is 7.64. The Kier molecular flexibility index (Phi) is 4.27. The molecular formula is C11H18ClN3O2S. The lowest BCUT2D eigenvalue weighted by molar-refractivity contribution is 0.493. The van der Waals surface area contributed by atoms with Crippen LogP contribution < -0.4 is 0 Å². The molecule has 0 aliphatic heterocycles. The summed E-state index contributed by atoms with van der Waals surface area (Å²) < 4.78 is 24.5. The van der Waals surface area contributed by atoms with Crippen LogP contribution in [0.4, 0.5) is 0 Å². The zero-order valence-corrected chi connectivity index (χ0v) is 12.0. The average Bonchev–Trinajstić information content (AvgIpc) is 2.89. The fraction of sp³-hybridized carbons (Fsp3) is 0.818. The second kappa shape index (κ2) is 5.57. The highest BCUT2D eigenvalue weighted by atomic mass is 35.7. The second-order valence-corrected chi connectivity index (χ2v) is 7.30. The normalized spacial score (nSPS) is 17.4. The van der Waals surface area contributed by atoms with Crippen molar-refractivity contribution >= 4 is 19.7 Å². The van der Waals surface area contributed by atoms with Crippen LogP contribution in [0.15, 0.2) is 5.16 Å². The van der Waals surface area contributed by atoms with E-state index in [-0.39, 0.29) is 5.16 Å². The Balaban J connectivity index is 2.26. The molecule has 0 N–H and O–H groups in total. The molecule has 0 bridgehead atoms. The lowest BCUT2D eigenvalue weighted by Gasteiger charge is -2.10. The highest BCUT2D eigenvalue weighted by Gasteiger charge is 2.24.